The number of hydrogen-bond donors (Lipinski definition) is 2. The number of nitrogens with one attached hydrogen (secondary N) is 2. The van der Waals surface area contributed by atoms with Crippen molar-refractivity contribution in [3.8, 4) is 11.5 Å². The van der Waals surface area contributed by atoms with Crippen molar-refractivity contribution in [3.63, 3.8) is 0 Å². The largest absolute Gasteiger partial charge is 0.469 e. The Kier molecular flexibility index (Phi) is 3.61. The van der Waals surface area contributed by atoms with Gasteiger partial charge in [-0.05, 0) is 32.0 Å². The number of nitrogens with zero attached hydrogens (tertiary/aromatic N) is 2. The number of aromatic nitrogens is 2. The summed E-state index contributed by atoms with van der Waals surface area (Å²) in [7, 11) is 0. The topological polar surface area (TPSA) is 96.4 Å². The average molecular weight is 298 g/mol. The van der Waals surface area contributed by atoms with E-state index in [1.807, 2.05) is 19.1 Å². The second-order valence-corrected chi connectivity index (χ2v) is 4.70. The van der Waals surface area contributed by atoms with E-state index in [1.54, 1.807) is 19.2 Å². The number of aryl methyl sites for hydroxylation is 2. The van der Waals surface area contributed by atoms with Crippen molar-refractivity contribution in [2.24, 2.45) is 5.10 Å². The molecule has 3 aromatic rings. The third-order valence-corrected chi connectivity index (χ3v) is 3.13. The Bertz CT molecular complexity index is 825. The van der Waals surface area contributed by atoms with Crippen LogP contribution in [0.1, 0.15) is 27.4 Å². The number of furan rings is 2. The molecule has 0 fully saturated rings. The molecule has 0 atom stereocenters. The van der Waals surface area contributed by atoms with E-state index in [4.69, 9.17) is 8.83 Å². The molecule has 0 saturated carbocycles. The molecular weight excluding hydrogens is 284 g/mol. The fourth-order valence-corrected chi connectivity index (χ4v) is 2.00. The monoisotopic (exact) mass is 298 g/mol. The minimum atomic E-state index is -0.332. The maximum atomic E-state index is 11.9. The predicted molar refractivity (Wildman–Crippen MR) is 79.5 cm³/mol. The highest BCUT2D eigenvalue weighted by molar-refractivity contribution is 5.96. The molecule has 22 heavy (non-hydrogen) atoms. The summed E-state index contributed by atoms with van der Waals surface area (Å²) in [5.41, 5.74) is 4.30. The number of hydrazone groups is 1. The fourth-order valence-electron chi connectivity index (χ4n) is 2.00. The first-order valence-electron chi connectivity index (χ1n) is 6.63. The van der Waals surface area contributed by atoms with Crippen LogP contribution < -0.4 is 5.43 Å². The predicted octanol–water partition coefficient (Wildman–Crippen LogP) is 2.64. The summed E-state index contributed by atoms with van der Waals surface area (Å²) in [4.78, 5) is 11.9. The van der Waals surface area contributed by atoms with Crippen molar-refractivity contribution < 1.29 is 13.6 Å². The van der Waals surface area contributed by atoms with Crippen molar-refractivity contribution in [1.82, 2.24) is 15.6 Å². The highest BCUT2D eigenvalue weighted by atomic mass is 16.3. The molecule has 7 heteroatoms. The average Bonchev–Trinajstić information content (AvgIpc) is 3.19. The first-order valence-corrected chi connectivity index (χ1v) is 6.63. The van der Waals surface area contributed by atoms with Crippen LogP contribution in [0.25, 0.3) is 11.5 Å². The number of aromatic amines is 1. The zero-order chi connectivity index (χ0) is 15.5. The van der Waals surface area contributed by atoms with Gasteiger partial charge in [0.1, 0.15) is 17.2 Å². The molecule has 0 spiro atoms. The van der Waals surface area contributed by atoms with Crippen LogP contribution in [0.2, 0.25) is 0 Å². The maximum absolute atomic E-state index is 11.9. The highest BCUT2D eigenvalue weighted by Gasteiger charge is 2.11. The van der Waals surface area contributed by atoms with Crippen LogP contribution in [0.15, 0.2) is 44.6 Å². The Morgan fingerprint density at radius 1 is 1.36 bits per heavy atom. The van der Waals surface area contributed by atoms with Crippen molar-refractivity contribution in [1.29, 1.82) is 0 Å². The molecule has 112 valence electrons. The van der Waals surface area contributed by atoms with E-state index in [2.05, 4.69) is 20.7 Å². The zero-order valence-corrected chi connectivity index (χ0v) is 12.1. The maximum Gasteiger partial charge on any atom is 0.274 e. The number of carbonyl (C=O) groups is 1. The minimum Gasteiger partial charge on any atom is -0.469 e. The van der Waals surface area contributed by atoms with Gasteiger partial charge in [-0.15, -0.1) is 0 Å². The Labute approximate surface area is 126 Å². The first-order chi connectivity index (χ1) is 10.6. The van der Waals surface area contributed by atoms with Gasteiger partial charge in [0.15, 0.2) is 5.76 Å². The van der Waals surface area contributed by atoms with Gasteiger partial charge in [0, 0.05) is 5.56 Å². The van der Waals surface area contributed by atoms with Crippen molar-refractivity contribution in [2.75, 3.05) is 0 Å². The molecule has 3 rings (SSSR count). The van der Waals surface area contributed by atoms with Gasteiger partial charge < -0.3 is 8.83 Å². The van der Waals surface area contributed by atoms with E-state index in [9.17, 15) is 4.79 Å². The molecule has 0 bridgehead atoms. The molecule has 1 amide bonds. The van der Waals surface area contributed by atoms with E-state index in [0.29, 0.717) is 28.3 Å². The SMILES string of the molecule is Cc1ccc(-c2[nH]ncc2C=NNC(=O)c2ccoc2C)o1. The lowest BCUT2D eigenvalue weighted by molar-refractivity contribution is 0.0953. The highest BCUT2D eigenvalue weighted by Crippen LogP contribution is 2.22. The number of H-pyrrole nitrogens is 1. The van der Waals surface area contributed by atoms with E-state index in [-0.39, 0.29) is 5.91 Å². The third-order valence-electron chi connectivity index (χ3n) is 3.13. The lowest BCUT2D eigenvalue weighted by Gasteiger charge is -1.97. The summed E-state index contributed by atoms with van der Waals surface area (Å²) in [5, 5.41) is 10.7. The van der Waals surface area contributed by atoms with Crippen molar-refractivity contribution in [3.05, 3.63) is 53.3 Å². The molecule has 0 radical (unpaired) electrons. The van der Waals surface area contributed by atoms with Gasteiger partial charge in [0.05, 0.1) is 24.2 Å². The number of hydrogen-bond acceptors (Lipinski definition) is 5. The van der Waals surface area contributed by atoms with Gasteiger partial charge in [0.25, 0.3) is 5.91 Å². The van der Waals surface area contributed by atoms with Gasteiger partial charge in [-0.2, -0.15) is 10.2 Å². The van der Waals surface area contributed by atoms with E-state index in [0.717, 1.165) is 5.76 Å². The van der Waals surface area contributed by atoms with Gasteiger partial charge in [0.2, 0.25) is 0 Å². The summed E-state index contributed by atoms with van der Waals surface area (Å²) in [6.45, 7) is 3.58. The Balaban J connectivity index is 1.73. The van der Waals surface area contributed by atoms with E-state index < -0.39 is 0 Å². The first kappa shape index (κ1) is 13.9. The number of amides is 1. The van der Waals surface area contributed by atoms with Crippen molar-refractivity contribution in [2.45, 2.75) is 13.8 Å². The second kappa shape index (κ2) is 5.72. The van der Waals surface area contributed by atoms with Crippen LogP contribution >= 0.6 is 0 Å². The second-order valence-electron chi connectivity index (χ2n) is 4.70. The molecule has 7 nitrogen and oxygen atoms in total. The fraction of sp³-hybridized carbons (Fsp3) is 0.133. The molecule has 3 heterocycles. The van der Waals surface area contributed by atoms with Gasteiger partial charge >= 0.3 is 0 Å². The Morgan fingerprint density at radius 3 is 2.91 bits per heavy atom. The standard InChI is InChI=1S/C15H14N4O3/c1-9-3-4-13(22-9)14-11(7-16-18-14)8-17-19-15(20)12-5-6-21-10(12)2/h3-8H,1-2H3,(H,16,18)(H,19,20). The third kappa shape index (κ3) is 2.69. The van der Waals surface area contributed by atoms with Crippen LogP contribution in [0.4, 0.5) is 0 Å². The molecule has 0 aliphatic heterocycles. The van der Waals surface area contributed by atoms with E-state index >= 15 is 0 Å². The summed E-state index contributed by atoms with van der Waals surface area (Å²) >= 11 is 0. The lowest BCUT2D eigenvalue weighted by atomic mass is 10.2. The minimum absolute atomic E-state index is 0.332. The number of rotatable bonds is 4. The van der Waals surface area contributed by atoms with Crippen LogP contribution in [0, 0.1) is 13.8 Å². The summed E-state index contributed by atoms with van der Waals surface area (Å²) in [6, 6.07) is 5.29. The Morgan fingerprint density at radius 2 is 2.23 bits per heavy atom. The zero-order valence-electron chi connectivity index (χ0n) is 12.1. The van der Waals surface area contributed by atoms with Crippen LogP contribution in [-0.4, -0.2) is 22.3 Å². The van der Waals surface area contributed by atoms with Gasteiger partial charge in [-0.25, -0.2) is 5.43 Å². The molecular formula is C15H14N4O3. The molecule has 0 unspecified atom stereocenters. The molecule has 0 aliphatic carbocycles. The molecule has 0 aromatic carbocycles. The van der Waals surface area contributed by atoms with Crippen molar-refractivity contribution >= 4 is 12.1 Å². The van der Waals surface area contributed by atoms with Gasteiger partial charge in [-0.3, -0.25) is 9.89 Å². The lowest BCUT2D eigenvalue weighted by Crippen LogP contribution is -2.17. The van der Waals surface area contributed by atoms with E-state index in [1.165, 1.54) is 12.5 Å². The van der Waals surface area contributed by atoms with Crippen LogP contribution in [-0.2, 0) is 0 Å². The summed E-state index contributed by atoms with van der Waals surface area (Å²) < 4.78 is 10.6. The summed E-state index contributed by atoms with van der Waals surface area (Å²) in [5.74, 6) is 1.67. The van der Waals surface area contributed by atoms with Crippen LogP contribution in [0.3, 0.4) is 0 Å². The molecule has 2 N–H and O–H groups in total. The van der Waals surface area contributed by atoms with Gasteiger partial charge in [-0.1, -0.05) is 0 Å². The Hall–Kier alpha value is -3.09. The number of carbonyl (C=O) groups excluding carboxylic acids is 1. The quantitative estimate of drug-likeness (QED) is 0.571. The smallest absolute Gasteiger partial charge is 0.274 e. The molecule has 0 saturated heterocycles. The molecule has 3 aromatic heterocycles. The summed E-state index contributed by atoms with van der Waals surface area (Å²) in [6.07, 6.45) is 4.57. The molecule has 0 aliphatic rings. The normalized spacial score (nSPS) is 11.2. The van der Waals surface area contributed by atoms with Crippen LogP contribution in [0.5, 0.6) is 0 Å².